The second kappa shape index (κ2) is 7.30. The molecule has 0 spiro atoms. The number of nitrogens with zero attached hydrogens (tertiary/aromatic N) is 2. The third-order valence-electron chi connectivity index (χ3n) is 4.86. The molecule has 0 aromatic heterocycles. The number of rotatable bonds is 8. The maximum Gasteiger partial charge on any atom is 0.326 e. The van der Waals surface area contributed by atoms with Gasteiger partial charge in [0.15, 0.2) is 0 Å². The van der Waals surface area contributed by atoms with Gasteiger partial charge in [-0.15, -0.1) is 0 Å². The first-order valence-electron chi connectivity index (χ1n) is 8.48. The molecule has 2 fully saturated rings. The van der Waals surface area contributed by atoms with Crippen molar-refractivity contribution in [1.29, 1.82) is 0 Å². The van der Waals surface area contributed by atoms with Crippen molar-refractivity contribution < 1.29 is 29.1 Å². The molecule has 3 N–H and O–H groups in total. The molecule has 1 heterocycles. The summed E-state index contributed by atoms with van der Waals surface area (Å²) >= 11 is 0. The quantitative estimate of drug-likeness (QED) is 0.477. The third kappa shape index (κ3) is 3.94. The van der Waals surface area contributed by atoms with Gasteiger partial charge in [0.25, 0.3) is 5.91 Å². The zero-order chi connectivity index (χ0) is 19.6. The van der Waals surface area contributed by atoms with Crippen molar-refractivity contribution in [2.75, 3.05) is 19.6 Å². The Labute approximate surface area is 150 Å². The van der Waals surface area contributed by atoms with Crippen LogP contribution in [0, 0.1) is 5.92 Å². The number of imide groups is 1. The fraction of sp³-hybridized carbons (Fsp3) is 0.688. The molecule has 1 saturated carbocycles. The molecule has 2 unspecified atom stereocenters. The SMILES string of the molecule is CC(=O)NCCN(C(=O)CN1C(=O)NC(C)(C2CC2)C1=O)C(C)C(=O)O. The number of carbonyl (C=O) groups is 5. The molecule has 26 heavy (non-hydrogen) atoms. The van der Waals surface area contributed by atoms with Gasteiger partial charge in [-0.25, -0.2) is 9.59 Å². The summed E-state index contributed by atoms with van der Waals surface area (Å²) in [5.41, 5.74) is -1.00. The number of hydrogen-bond donors (Lipinski definition) is 3. The van der Waals surface area contributed by atoms with Gasteiger partial charge in [-0.1, -0.05) is 0 Å². The van der Waals surface area contributed by atoms with Crippen molar-refractivity contribution in [3.05, 3.63) is 0 Å². The van der Waals surface area contributed by atoms with E-state index in [0.717, 1.165) is 22.6 Å². The Kier molecular flexibility index (Phi) is 5.53. The fourth-order valence-corrected chi connectivity index (χ4v) is 3.04. The highest BCUT2D eigenvalue weighted by Gasteiger charge is 2.56. The summed E-state index contributed by atoms with van der Waals surface area (Å²) in [5.74, 6) is -2.61. The zero-order valence-corrected chi connectivity index (χ0v) is 15.1. The molecule has 0 bridgehead atoms. The number of carboxylic acids is 1. The molecule has 5 amide bonds. The highest BCUT2D eigenvalue weighted by atomic mass is 16.4. The molecule has 1 aliphatic carbocycles. The van der Waals surface area contributed by atoms with Crippen LogP contribution in [-0.4, -0.2) is 75.8 Å². The van der Waals surface area contributed by atoms with Gasteiger partial charge >= 0.3 is 12.0 Å². The zero-order valence-electron chi connectivity index (χ0n) is 15.1. The average Bonchev–Trinajstić information content (AvgIpc) is 3.36. The highest BCUT2D eigenvalue weighted by molar-refractivity contribution is 6.09. The largest absolute Gasteiger partial charge is 0.480 e. The van der Waals surface area contributed by atoms with E-state index in [9.17, 15) is 29.1 Å². The van der Waals surface area contributed by atoms with Crippen molar-refractivity contribution >= 4 is 29.7 Å². The highest BCUT2D eigenvalue weighted by Crippen LogP contribution is 2.42. The molecule has 2 atom stereocenters. The van der Waals surface area contributed by atoms with Crippen LogP contribution in [0.2, 0.25) is 0 Å². The Bertz CT molecular complexity index is 647. The van der Waals surface area contributed by atoms with Gasteiger partial charge in [-0.05, 0) is 32.6 Å². The number of amides is 5. The van der Waals surface area contributed by atoms with Crippen molar-refractivity contribution in [2.24, 2.45) is 5.92 Å². The summed E-state index contributed by atoms with van der Waals surface area (Å²) in [4.78, 5) is 61.4. The standard InChI is InChI=1S/C16H24N4O6/c1-9(13(23)24)19(7-6-17-10(2)21)12(22)8-20-14(25)16(3,11-4-5-11)18-15(20)26/h9,11H,4-8H2,1-3H3,(H,17,21)(H,18,26)(H,23,24). The first kappa shape index (κ1) is 19.7. The molecule has 0 aromatic rings. The lowest BCUT2D eigenvalue weighted by molar-refractivity contribution is -0.150. The minimum absolute atomic E-state index is 0.0462. The van der Waals surface area contributed by atoms with Crippen LogP contribution in [0.5, 0.6) is 0 Å². The normalized spacial score (nSPS) is 23.4. The van der Waals surface area contributed by atoms with Gasteiger partial charge in [0.05, 0.1) is 0 Å². The first-order valence-corrected chi connectivity index (χ1v) is 8.48. The number of nitrogens with one attached hydrogen (secondary N) is 2. The second-order valence-corrected chi connectivity index (χ2v) is 6.88. The van der Waals surface area contributed by atoms with Crippen LogP contribution in [0.15, 0.2) is 0 Å². The molecular formula is C16H24N4O6. The molecule has 10 heteroatoms. The van der Waals surface area contributed by atoms with Crippen LogP contribution in [0.1, 0.15) is 33.6 Å². The van der Waals surface area contributed by atoms with Crippen molar-refractivity contribution in [3.8, 4) is 0 Å². The molecule has 2 rings (SSSR count). The second-order valence-electron chi connectivity index (χ2n) is 6.88. The van der Waals surface area contributed by atoms with Gasteiger partial charge in [0.2, 0.25) is 11.8 Å². The molecule has 1 saturated heterocycles. The molecule has 0 radical (unpaired) electrons. The molecule has 144 valence electrons. The van der Waals surface area contributed by atoms with Crippen molar-refractivity contribution in [2.45, 2.75) is 45.2 Å². The minimum Gasteiger partial charge on any atom is -0.480 e. The van der Waals surface area contributed by atoms with Crippen LogP contribution in [0.3, 0.4) is 0 Å². The molecule has 2 aliphatic rings. The average molecular weight is 368 g/mol. The summed E-state index contributed by atoms with van der Waals surface area (Å²) in [6.45, 7) is 3.76. The molecule has 10 nitrogen and oxygen atoms in total. The predicted molar refractivity (Wildman–Crippen MR) is 88.9 cm³/mol. The van der Waals surface area contributed by atoms with Gasteiger partial charge in [0.1, 0.15) is 18.1 Å². The Hall–Kier alpha value is -2.65. The first-order chi connectivity index (χ1) is 12.1. The Morgan fingerprint density at radius 2 is 2.00 bits per heavy atom. The monoisotopic (exact) mass is 368 g/mol. The fourth-order valence-electron chi connectivity index (χ4n) is 3.04. The maximum absolute atomic E-state index is 12.6. The number of carbonyl (C=O) groups excluding carboxylic acids is 4. The molecule has 1 aliphatic heterocycles. The smallest absolute Gasteiger partial charge is 0.326 e. The Morgan fingerprint density at radius 3 is 2.50 bits per heavy atom. The number of carboxylic acid groups (broad SMARTS) is 1. The van der Waals surface area contributed by atoms with E-state index in [1.54, 1.807) is 6.92 Å². The van der Waals surface area contributed by atoms with Crippen molar-refractivity contribution in [1.82, 2.24) is 20.4 Å². The van der Waals surface area contributed by atoms with Crippen molar-refractivity contribution in [3.63, 3.8) is 0 Å². The lowest BCUT2D eigenvalue weighted by atomic mass is 9.96. The topological polar surface area (TPSA) is 136 Å². The van der Waals surface area contributed by atoms with Gasteiger partial charge in [-0.2, -0.15) is 0 Å². The van der Waals surface area contributed by atoms with E-state index < -0.39 is 41.9 Å². The van der Waals surface area contributed by atoms with E-state index >= 15 is 0 Å². The lowest BCUT2D eigenvalue weighted by Crippen LogP contribution is -2.51. The summed E-state index contributed by atoms with van der Waals surface area (Å²) in [6, 6.07) is -1.81. The lowest BCUT2D eigenvalue weighted by Gasteiger charge is -2.28. The van der Waals surface area contributed by atoms with E-state index in [1.165, 1.54) is 13.8 Å². The Balaban J connectivity index is 2.07. The molecular weight excluding hydrogens is 344 g/mol. The van der Waals surface area contributed by atoms with Crippen LogP contribution in [-0.2, 0) is 19.2 Å². The van der Waals surface area contributed by atoms with Gasteiger partial charge in [-0.3, -0.25) is 19.3 Å². The summed E-state index contributed by atoms with van der Waals surface area (Å²) < 4.78 is 0. The van der Waals surface area contributed by atoms with E-state index in [2.05, 4.69) is 10.6 Å². The summed E-state index contributed by atoms with van der Waals surface area (Å²) in [6.07, 6.45) is 1.67. The van der Waals surface area contributed by atoms with E-state index in [0.29, 0.717) is 0 Å². The van der Waals surface area contributed by atoms with E-state index in [-0.39, 0.29) is 24.9 Å². The molecule has 0 aromatic carbocycles. The van der Waals surface area contributed by atoms with Crippen LogP contribution in [0.25, 0.3) is 0 Å². The number of hydrogen-bond acceptors (Lipinski definition) is 5. The summed E-state index contributed by atoms with van der Waals surface area (Å²) in [5, 5.41) is 14.3. The van der Waals surface area contributed by atoms with Crippen LogP contribution in [0.4, 0.5) is 4.79 Å². The number of urea groups is 1. The third-order valence-corrected chi connectivity index (χ3v) is 4.86. The predicted octanol–water partition coefficient (Wildman–Crippen LogP) is -0.855. The summed E-state index contributed by atoms with van der Waals surface area (Å²) in [7, 11) is 0. The van der Waals surface area contributed by atoms with Gasteiger partial charge in [0, 0.05) is 20.0 Å². The minimum atomic E-state index is -1.22. The van der Waals surface area contributed by atoms with E-state index in [1.807, 2.05) is 0 Å². The maximum atomic E-state index is 12.6. The van der Waals surface area contributed by atoms with Crippen LogP contribution >= 0.6 is 0 Å². The number of aliphatic carboxylic acids is 1. The Morgan fingerprint density at radius 1 is 1.38 bits per heavy atom. The van der Waals surface area contributed by atoms with E-state index in [4.69, 9.17) is 0 Å². The van der Waals surface area contributed by atoms with Crippen LogP contribution < -0.4 is 10.6 Å². The van der Waals surface area contributed by atoms with Gasteiger partial charge < -0.3 is 20.6 Å².